The molecule has 0 amide bonds. The van der Waals surface area contributed by atoms with E-state index >= 15 is 0 Å². The molecular formula is C14H16N2S. The number of thiazole rings is 1. The van der Waals surface area contributed by atoms with Crippen LogP contribution in [0.25, 0.3) is 11.3 Å². The first kappa shape index (κ1) is 10.8. The number of nitrogen functional groups attached to an aromatic ring is 1. The van der Waals surface area contributed by atoms with Gasteiger partial charge in [0.25, 0.3) is 0 Å². The Bertz CT molecular complexity index is 547. The molecule has 0 saturated heterocycles. The lowest BCUT2D eigenvalue weighted by molar-refractivity contribution is 1.08. The van der Waals surface area contributed by atoms with Gasteiger partial charge in [-0.15, -0.1) is 11.3 Å². The summed E-state index contributed by atoms with van der Waals surface area (Å²) < 4.78 is 0. The lowest BCUT2D eigenvalue weighted by atomic mass is 10.1. The minimum atomic E-state index is 0.682. The van der Waals surface area contributed by atoms with E-state index in [1.165, 1.54) is 29.0 Å². The van der Waals surface area contributed by atoms with Crippen molar-refractivity contribution in [2.45, 2.75) is 32.6 Å². The summed E-state index contributed by atoms with van der Waals surface area (Å²) in [4.78, 5) is 4.72. The minimum Gasteiger partial charge on any atom is -0.389 e. The average molecular weight is 244 g/mol. The zero-order valence-corrected chi connectivity index (χ0v) is 11.0. The maximum absolute atomic E-state index is 6.10. The van der Waals surface area contributed by atoms with Gasteiger partial charge in [0.05, 0.1) is 5.01 Å². The molecule has 0 spiro atoms. The van der Waals surface area contributed by atoms with Gasteiger partial charge in [-0.1, -0.05) is 17.2 Å². The maximum Gasteiger partial charge on any atom is 0.114 e. The summed E-state index contributed by atoms with van der Waals surface area (Å²) in [7, 11) is 0. The molecule has 1 aliphatic carbocycles. The average Bonchev–Trinajstić information content (AvgIpc) is 3.01. The lowest BCUT2D eigenvalue weighted by Gasteiger charge is -2.02. The summed E-state index contributed by atoms with van der Waals surface area (Å²) in [5, 5.41) is 2.08. The molecule has 1 aliphatic rings. The molecule has 3 heteroatoms. The zero-order chi connectivity index (χ0) is 12.0. The third-order valence-corrected chi connectivity index (χ3v) is 4.14. The Hall–Kier alpha value is -1.35. The molecule has 0 unspecified atom stereocenters. The Balaban J connectivity index is 2.07. The van der Waals surface area contributed by atoms with Gasteiger partial charge < -0.3 is 5.73 Å². The van der Waals surface area contributed by atoms with E-state index in [4.69, 9.17) is 10.7 Å². The zero-order valence-electron chi connectivity index (χ0n) is 10.2. The second-order valence-corrected chi connectivity index (χ2v) is 5.98. The molecule has 17 heavy (non-hydrogen) atoms. The second-order valence-electron chi connectivity index (χ2n) is 4.92. The van der Waals surface area contributed by atoms with E-state index in [1.54, 1.807) is 11.3 Å². The van der Waals surface area contributed by atoms with Crippen LogP contribution in [0.2, 0.25) is 0 Å². The van der Waals surface area contributed by atoms with Crippen LogP contribution in [0.4, 0.5) is 5.00 Å². The SMILES string of the molecule is Cc1cc(C)cc(-c2nc(C3CC3)sc2N)c1. The topological polar surface area (TPSA) is 38.9 Å². The number of aryl methyl sites for hydroxylation is 2. The van der Waals surface area contributed by atoms with E-state index in [0.717, 1.165) is 16.3 Å². The second kappa shape index (κ2) is 3.84. The lowest BCUT2D eigenvalue weighted by Crippen LogP contribution is -1.88. The van der Waals surface area contributed by atoms with Gasteiger partial charge in [0.1, 0.15) is 10.7 Å². The molecule has 0 radical (unpaired) electrons. The maximum atomic E-state index is 6.10. The van der Waals surface area contributed by atoms with Gasteiger partial charge in [0.15, 0.2) is 0 Å². The van der Waals surface area contributed by atoms with Crippen molar-refractivity contribution in [1.29, 1.82) is 0 Å². The monoisotopic (exact) mass is 244 g/mol. The summed E-state index contributed by atoms with van der Waals surface area (Å²) in [5.74, 6) is 0.682. The van der Waals surface area contributed by atoms with Crippen LogP contribution in [0.1, 0.15) is 34.9 Å². The fraction of sp³-hybridized carbons (Fsp3) is 0.357. The third kappa shape index (κ3) is 2.07. The molecule has 1 aromatic carbocycles. The van der Waals surface area contributed by atoms with Gasteiger partial charge in [0, 0.05) is 11.5 Å². The molecule has 2 N–H and O–H groups in total. The van der Waals surface area contributed by atoms with Crippen LogP contribution in [0.3, 0.4) is 0 Å². The van der Waals surface area contributed by atoms with Crippen LogP contribution in [0, 0.1) is 13.8 Å². The standard InChI is InChI=1S/C14H16N2S/c1-8-5-9(2)7-11(6-8)12-13(15)17-14(16-12)10-3-4-10/h5-7,10H,3-4,15H2,1-2H3. The minimum absolute atomic E-state index is 0.682. The number of rotatable bonds is 2. The van der Waals surface area contributed by atoms with Crippen molar-refractivity contribution in [1.82, 2.24) is 4.98 Å². The molecule has 1 saturated carbocycles. The molecule has 3 rings (SSSR count). The number of hydrogen-bond acceptors (Lipinski definition) is 3. The molecule has 1 aromatic heterocycles. The molecule has 0 bridgehead atoms. The third-order valence-electron chi connectivity index (χ3n) is 3.09. The van der Waals surface area contributed by atoms with Crippen LogP contribution in [0.15, 0.2) is 18.2 Å². The van der Waals surface area contributed by atoms with Gasteiger partial charge in [-0.2, -0.15) is 0 Å². The van der Waals surface area contributed by atoms with Crippen molar-refractivity contribution in [2.24, 2.45) is 0 Å². The van der Waals surface area contributed by atoms with Crippen molar-refractivity contribution in [3.05, 3.63) is 34.3 Å². The first-order chi connectivity index (χ1) is 8.13. The number of nitrogens with zero attached hydrogens (tertiary/aromatic N) is 1. The smallest absolute Gasteiger partial charge is 0.114 e. The molecule has 88 valence electrons. The van der Waals surface area contributed by atoms with Gasteiger partial charge in [-0.05, 0) is 38.8 Å². The van der Waals surface area contributed by atoms with Crippen LogP contribution < -0.4 is 5.73 Å². The normalized spacial score (nSPS) is 15.2. The van der Waals surface area contributed by atoms with E-state index in [1.807, 2.05) is 0 Å². The van der Waals surface area contributed by atoms with Crippen molar-refractivity contribution in [2.75, 3.05) is 5.73 Å². The van der Waals surface area contributed by atoms with E-state index in [2.05, 4.69) is 32.0 Å². The first-order valence-corrected chi connectivity index (χ1v) is 6.80. The van der Waals surface area contributed by atoms with Crippen LogP contribution in [-0.4, -0.2) is 4.98 Å². The number of hydrogen-bond donors (Lipinski definition) is 1. The van der Waals surface area contributed by atoms with Crippen molar-refractivity contribution >= 4 is 16.3 Å². The van der Waals surface area contributed by atoms with Crippen LogP contribution in [0.5, 0.6) is 0 Å². The first-order valence-electron chi connectivity index (χ1n) is 5.98. The summed E-state index contributed by atoms with van der Waals surface area (Å²) in [6, 6.07) is 6.50. The number of benzene rings is 1. The van der Waals surface area contributed by atoms with E-state index in [-0.39, 0.29) is 0 Å². The highest BCUT2D eigenvalue weighted by molar-refractivity contribution is 7.16. The summed E-state index contributed by atoms with van der Waals surface area (Å²) >= 11 is 1.66. The largest absolute Gasteiger partial charge is 0.389 e. The van der Waals surface area contributed by atoms with Crippen molar-refractivity contribution in [3.63, 3.8) is 0 Å². The molecule has 1 fully saturated rings. The summed E-state index contributed by atoms with van der Waals surface area (Å²) in [6.45, 7) is 4.22. The fourth-order valence-electron chi connectivity index (χ4n) is 2.17. The van der Waals surface area contributed by atoms with E-state index < -0.39 is 0 Å². The van der Waals surface area contributed by atoms with Gasteiger partial charge in [0.2, 0.25) is 0 Å². The predicted molar refractivity (Wildman–Crippen MR) is 73.4 cm³/mol. The Morgan fingerprint density at radius 3 is 2.41 bits per heavy atom. The summed E-state index contributed by atoms with van der Waals surface area (Å²) in [5.41, 5.74) is 10.8. The Morgan fingerprint density at radius 1 is 1.18 bits per heavy atom. The van der Waals surface area contributed by atoms with Crippen LogP contribution >= 0.6 is 11.3 Å². The number of nitrogens with two attached hydrogens (primary N) is 1. The fourth-order valence-corrected chi connectivity index (χ4v) is 3.20. The number of anilines is 1. The highest BCUT2D eigenvalue weighted by Gasteiger charge is 2.28. The van der Waals surface area contributed by atoms with Crippen molar-refractivity contribution < 1.29 is 0 Å². The highest BCUT2D eigenvalue weighted by Crippen LogP contribution is 2.45. The Kier molecular flexibility index (Phi) is 2.44. The molecule has 0 aliphatic heterocycles. The Morgan fingerprint density at radius 2 is 1.82 bits per heavy atom. The highest BCUT2D eigenvalue weighted by atomic mass is 32.1. The molecule has 2 nitrogen and oxygen atoms in total. The predicted octanol–water partition coefficient (Wildman–Crippen LogP) is 3.89. The van der Waals surface area contributed by atoms with E-state index in [0.29, 0.717) is 5.92 Å². The molecule has 0 atom stereocenters. The van der Waals surface area contributed by atoms with Gasteiger partial charge in [-0.3, -0.25) is 0 Å². The molecule has 2 aromatic rings. The molecular weight excluding hydrogens is 228 g/mol. The Labute approximate surface area is 106 Å². The van der Waals surface area contributed by atoms with Gasteiger partial charge in [-0.25, -0.2) is 4.98 Å². The van der Waals surface area contributed by atoms with Gasteiger partial charge >= 0.3 is 0 Å². The van der Waals surface area contributed by atoms with Crippen molar-refractivity contribution in [3.8, 4) is 11.3 Å². The summed E-state index contributed by atoms with van der Waals surface area (Å²) in [6.07, 6.45) is 2.55. The van der Waals surface area contributed by atoms with E-state index in [9.17, 15) is 0 Å². The van der Waals surface area contributed by atoms with Crippen LogP contribution in [-0.2, 0) is 0 Å². The quantitative estimate of drug-likeness (QED) is 0.870. The molecule has 1 heterocycles. The number of aromatic nitrogens is 1.